The first kappa shape index (κ1) is 13.1. The molecule has 2 heterocycles. The monoisotopic (exact) mass is 333 g/mol. The highest BCUT2D eigenvalue weighted by atomic mass is 79.9. The molecule has 6 heteroatoms. The number of nitrogens with zero attached hydrogens (tertiary/aromatic N) is 2. The summed E-state index contributed by atoms with van der Waals surface area (Å²) in [7, 11) is 0. The van der Waals surface area contributed by atoms with Gasteiger partial charge in [0.1, 0.15) is 0 Å². The van der Waals surface area contributed by atoms with Crippen LogP contribution in [0.1, 0.15) is 36.5 Å². The van der Waals surface area contributed by atoms with Crippen molar-refractivity contribution in [3.05, 3.63) is 37.7 Å². The average Bonchev–Trinajstić information content (AvgIpc) is 2.83. The molecule has 2 aromatic rings. The fraction of sp³-hybridized carbons (Fsp3) is 0.364. The highest BCUT2D eigenvalue weighted by molar-refractivity contribution is 9.10. The molecule has 0 aliphatic rings. The first-order chi connectivity index (χ1) is 8.02. The number of aromatic nitrogens is 2. The lowest BCUT2D eigenvalue weighted by atomic mass is 10.1. The van der Waals surface area contributed by atoms with Gasteiger partial charge in [-0.2, -0.15) is 5.10 Å². The summed E-state index contributed by atoms with van der Waals surface area (Å²) in [6.45, 7) is 4.12. The Balaban J connectivity index is 2.47. The average molecular weight is 335 g/mol. The normalized spacial score (nSPS) is 13.3. The van der Waals surface area contributed by atoms with Gasteiger partial charge in [0.05, 0.1) is 23.0 Å². The molecule has 0 amide bonds. The Hall–Kier alpha value is -0.360. The Kier molecular flexibility index (Phi) is 3.92. The van der Waals surface area contributed by atoms with Crippen molar-refractivity contribution in [3.63, 3.8) is 0 Å². The van der Waals surface area contributed by atoms with Crippen molar-refractivity contribution in [3.8, 4) is 0 Å². The van der Waals surface area contributed by atoms with Crippen molar-refractivity contribution >= 4 is 38.9 Å². The van der Waals surface area contributed by atoms with Crippen LogP contribution in [0.3, 0.4) is 0 Å². The molecule has 17 heavy (non-hydrogen) atoms. The first-order valence-electron chi connectivity index (χ1n) is 5.23. The fourth-order valence-electron chi connectivity index (χ4n) is 1.70. The Morgan fingerprint density at radius 3 is 2.76 bits per heavy atom. The van der Waals surface area contributed by atoms with Gasteiger partial charge in [-0.1, -0.05) is 11.6 Å². The van der Waals surface area contributed by atoms with Crippen LogP contribution >= 0.6 is 38.9 Å². The molecule has 1 unspecified atom stereocenters. The zero-order valence-electron chi connectivity index (χ0n) is 9.52. The van der Waals surface area contributed by atoms with E-state index in [4.69, 9.17) is 17.3 Å². The SMILES string of the molecule is CC(C)n1ncc(Cl)c1C(N)c1sccc1Br. The molecular formula is C11H13BrClN3S. The summed E-state index contributed by atoms with van der Waals surface area (Å²) < 4.78 is 2.89. The lowest BCUT2D eigenvalue weighted by molar-refractivity contribution is 0.500. The van der Waals surface area contributed by atoms with Crippen molar-refractivity contribution < 1.29 is 0 Å². The Bertz CT molecular complexity index is 521. The molecule has 0 fully saturated rings. The van der Waals surface area contributed by atoms with Crippen LogP contribution in [-0.2, 0) is 0 Å². The summed E-state index contributed by atoms with van der Waals surface area (Å²) in [5, 5.41) is 6.89. The van der Waals surface area contributed by atoms with Gasteiger partial charge in [0.25, 0.3) is 0 Å². The summed E-state index contributed by atoms with van der Waals surface area (Å²) in [6.07, 6.45) is 1.65. The maximum Gasteiger partial charge on any atom is 0.0843 e. The highest BCUT2D eigenvalue weighted by Gasteiger charge is 2.22. The number of hydrogen-bond acceptors (Lipinski definition) is 3. The zero-order chi connectivity index (χ0) is 12.6. The van der Waals surface area contributed by atoms with Gasteiger partial charge in [0.15, 0.2) is 0 Å². The van der Waals surface area contributed by atoms with Crippen molar-refractivity contribution in [2.24, 2.45) is 5.73 Å². The zero-order valence-corrected chi connectivity index (χ0v) is 12.7. The van der Waals surface area contributed by atoms with Crippen LogP contribution in [0.5, 0.6) is 0 Å². The second-order valence-electron chi connectivity index (χ2n) is 4.03. The third-order valence-electron chi connectivity index (χ3n) is 2.50. The number of rotatable bonds is 3. The van der Waals surface area contributed by atoms with Gasteiger partial charge in [0.2, 0.25) is 0 Å². The summed E-state index contributed by atoms with van der Waals surface area (Å²) in [6, 6.07) is 1.98. The van der Waals surface area contributed by atoms with Crippen molar-refractivity contribution in [2.45, 2.75) is 25.9 Å². The van der Waals surface area contributed by atoms with E-state index in [1.807, 2.05) is 16.1 Å². The topological polar surface area (TPSA) is 43.8 Å². The maximum atomic E-state index is 6.28. The second-order valence-corrected chi connectivity index (χ2v) is 6.24. The van der Waals surface area contributed by atoms with E-state index in [1.165, 1.54) is 0 Å². The van der Waals surface area contributed by atoms with E-state index in [-0.39, 0.29) is 12.1 Å². The van der Waals surface area contributed by atoms with Crippen LogP contribution < -0.4 is 5.73 Å². The van der Waals surface area contributed by atoms with Crippen LogP contribution in [0.15, 0.2) is 22.1 Å². The van der Waals surface area contributed by atoms with Crippen LogP contribution in [0.2, 0.25) is 5.02 Å². The van der Waals surface area contributed by atoms with Gasteiger partial charge in [-0.15, -0.1) is 11.3 Å². The standard InChI is InChI=1S/C11H13BrClN3S/c1-6(2)16-10(8(13)5-15-16)9(14)11-7(12)3-4-17-11/h3-6,9H,14H2,1-2H3. The molecule has 3 nitrogen and oxygen atoms in total. The number of thiophene rings is 1. The predicted octanol–water partition coefficient (Wildman–Crippen LogP) is 3.99. The van der Waals surface area contributed by atoms with Gasteiger partial charge in [0, 0.05) is 15.4 Å². The molecule has 1 atom stereocenters. The van der Waals surface area contributed by atoms with E-state index >= 15 is 0 Å². The smallest absolute Gasteiger partial charge is 0.0843 e. The molecule has 2 rings (SSSR count). The van der Waals surface area contributed by atoms with Crippen LogP contribution in [0, 0.1) is 0 Å². The molecule has 2 aromatic heterocycles. The molecule has 0 aliphatic heterocycles. The summed E-state index contributed by atoms with van der Waals surface area (Å²) in [4.78, 5) is 1.06. The number of nitrogens with two attached hydrogens (primary N) is 1. The van der Waals surface area contributed by atoms with E-state index in [2.05, 4.69) is 34.9 Å². The minimum Gasteiger partial charge on any atom is -0.318 e. The van der Waals surface area contributed by atoms with Crippen LogP contribution in [0.25, 0.3) is 0 Å². The molecule has 0 aromatic carbocycles. The van der Waals surface area contributed by atoms with Crippen molar-refractivity contribution in [1.29, 1.82) is 0 Å². The molecule has 0 saturated carbocycles. The summed E-state index contributed by atoms with van der Waals surface area (Å²) in [5.74, 6) is 0. The summed E-state index contributed by atoms with van der Waals surface area (Å²) in [5.41, 5.74) is 7.15. The van der Waals surface area contributed by atoms with E-state index in [9.17, 15) is 0 Å². The lowest BCUT2D eigenvalue weighted by Crippen LogP contribution is -2.18. The molecule has 0 bridgehead atoms. The minimum absolute atomic E-state index is 0.238. The van der Waals surface area contributed by atoms with Crippen LogP contribution in [-0.4, -0.2) is 9.78 Å². The van der Waals surface area contributed by atoms with E-state index in [0.29, 0.717) is 5.02 Å². The highest BCUT2D eigenvalue weighted by Crippen LogP contribution is 2.35. The van der Waals surface area contributed by atoms with E-state index in [1.54, 1.807) is 17.5 Å². The molecule has 0 spiro atoms. The largest absolute Gasteiger partial charge is 0.318 e. The quantitative estimate of drug-likeness (QED) is 0.922. The number of hydrogen-bond donors (Lipinski definition) is 1. The predicted molar refractivity (Wildman–Crippen MR) is 75.7 cm³/mol. The fourth-order valence-corrected chi connectivity index (χ4v) is 3.58. The Morgan fingerprint density at radius 1 is 1.53 bits per heavy atom. The van der Waals surface area contributed by atoms with Gasteiger partial charge < -0.3 is 5.73 Å². The summed E-state index contributed by atoms with van der Waals surface area (Å²) >= 11 is 11.3. The van der Waals surface area contributed by atoms with Gasteiger partial charge in [-0.05, 0) is 41.2 Å². The molecular weight excluding hydrogens is 322 g/mol. The number of halogens is 2. The molecule has 0 aliphatic carbocycles. The van der Waals surface area contributed by atoms with Crippen molar-refractivity contribution in [2.75, 3.05) is 0 Å². The second kappa shape index (κ2) is 5.10. The molecule has 0 saturated heterocycles. The maximum absolute atomic E-state index is 6.28. The van der Waals surface area contributed by atoms with Gasteiger partial charge in [-0.3, -0.25) is 4.68 Å². The van der Waals surface area contributed by atoms with Gasteiger partial charge >= 0.3 is 0 Å². The molecule has 0 radical (unpaired) electrons. The van der Waals surface area contributed by atoms with Gasteiger partial charge in [-0.25, -0.2) is 0 Å². The van der Waals surface area contributed by atoms with E-state index in [0.717, 1.165) is 15.0 Å². The third-order valence-corrected chi connectivity index (χ3v) is 4.74. The molecule has 2 N–H and O–H groups in total. The van der Waals surface area contributed by atoms with E-state index < -0.39 is 0 Å². The Morgan fingerprint density at radius 2 is 2.24 bits per heavy atom. The lowest BCUT2D eigenvalue weighted by Gasteiger charge is -2.16. The van der Waals surface area contributed by atoms with Crippen molar-refractivity contribution in [1.82, 2.24) is 9.78 Å². The van der Waals surface area contributed by atoms with Crippen LogP contribution in [0.4, 0.5) is 0 Å². The first-order valence-corrected chi connectivity index (χ1v) is 7.28. The Labute approximate surface area is 118 Å². The third kappa shape index (κ3) is 2.42. The molecule has 92 valence electrons. The minimum atomic E-state index is -0.248.